The van der Waals surface area contributed by atoms with Gasteiger partial charge in [-0.05, 0) is 61.1 Å². The number of hydrogen-bond donors (Lipinski definition) is 1. The first kappa shape index (κ1) is 16.4. The van der Waals surface area contributed by atoms with Gasteiger partial charge < -0.3 is 5.32 Å². The van der Waals surface area contributed by atoms with Crippen LogP contribution < -0.4 is 5.32 Å². The third kappa shape index (κ3) is 4.26. The zero-order valence-corrected chi connectivity index (χ0v) is 14.4. The Balaban J connectivity index is 2.05. The van der Waals surface area contributed by atoms with E-state index < -0.39 is 0 Å². The second-order valence-electron chi connectivity index (χ2n) is 6.65. The van der Waals surface area contributed by atoms with E-state index >= 15 is 0 Å². The number of benzene rings is 1. The van der Waals surface area contributed by atoms with Gasteiger partial charge in [0.2, 0.25) is 5.91 Å². The number of carbonyl (C=O) groups is 1. The molecule has 1 aliphatic rings. The Kier molecular flexibility index (Phi) is 5.74. The minimum Gasteiger partial charge on any atom is -0.326 e. The van der Waals surface area contributed by atoms with E-state index in [0.717, 1.165) is 12.1 Å². The largest absolute Gasteiger partial charge is 0.326 e. The quantitative estimate of drug-likeness (QED) is 0.788. The standard InChI is InChI=1S/C18H27NOS/c1-12(2)16-10-5-13(3)11-17(16)18(20)19-14-6-8-15(21-4)9-7-14/h6-9,12-13,16-17H,5,10-11H2,1-4H3,(H,19,20)/t13-,16+,17-/m1/s1. The monoisotopic (exact) mass is 305 g/mol. The van der Waals surface area contributed by atoms with Crippen LogP contribution in [0.1, 0.15) is 40.0 Å². The van der Waals surface area contributed by atoms with Crippen LogP contribution >= 0.6 is 11.8 Å². The summed E-state index contributed by atoms with van der Waals surface area (Å²) < 4.78 is 0. The number of thioether (sulfide) groups is 1. The molecule has 1 fully saturated rings. The van der Waals surface area contributed by atoms with Crippen molar-refractivity contribution in [3.05, 3.63) is 24.3 Å². The van der Waals surface area contributed by atoms with Crippen molar-refractivity contribution in [2.24, 2.45) is 23.7 Å². The molecular formula is C18H27NOS. The van der Waals surface area contributed by atoms with Crippen molar-refractivity contribution >= 4 is 23.4 Å². The average Bonchev–Trinajstić information content (AvgIpc) is 2.47. The fraction of sp³-hybridized carbons (Fsp3) is 0.611. The van der Waals surface area contributed by atoms with Crippen LogP contribution in [-0.2, 0) is 4.79 Å². The van der Waals surface area contributed by atoms with Crippen molar-refractivity contribution in [2.45, 2.75) is 44.9 Å². The molecule has 0 unspecified atom stereocenters. The van der Waals surface area contributed by atoms with Crippen molar-refractivity contribution in [1.29, 1.82) is 0 Å². The molecule has 116 valence electrons. The summed E-state index contributed by atoms with van der Waals surface area (Å²) in [7, 11) is 0. The van der Waals surface area contributed by atoms with Gasteiger partial charge in [0.1, 0.15) is 0 Å². The lowest BCUT2D eigenvalue weighted by atomic mass is 9.70. The van der Waals surface area contributed by atoms with Gasteiger partial charge in [0.05, 0.1) is 0 Å². The van der Waals surface area contributed by atoms with E-state index in [1.807, 2.05) is 12.1 Å². The van der Waals surface area contributed by atoms with E-state index in [1.165, 1.54) is 17.7 Å². The molecule has 0 bridgehead atoms. The lowest BCUT2D eigenvalue weighted by Gasteiger charge is -2.36. The van der Waals surface area contributed by atoms with Crippen molar-refractivity contribution in [2.75, 3.05) is 11.6 Å². The Bertz CT molecular complexity index is 469. The van der Waals surface area contributed by atoms with Crippen LogP contribution in [0.5, 0.6) is 0 Å². The molecule has 0 spiro atoms. The molecule has 21 heavy (non-hydrogen) atoms. The summed E-state index contributed by atoms with van der Waals surface area (Å²) in [5.74, 6) is 2.12. The summed E-state index contributed by atoms with van der Waals surface area (Å²) in [5, 5.41) is 3.12. The predicted octanol–water partition coefficient (Wildman–Crippen LogP) is 5.06. The first-order valence-electron chi connectivity index (χ1n) is 7.96. The van der Waals surface area contributed by atoms with E-state index in [9.17, 15) is 4.79 Å². The second-order valence-corrected chi connectivity index (χ2v) is 7.53. The minimum atomic E-state index is 0.161. The molecule has 3 heteroatoms. The average molecular weight is 305 g/mol. The van der Waals surface area contributed by atoms with Crippen molar-refractivity contribution in [3.8, 4) is 0 Å². The highest BCUT2D eigenvalue weighted by atomic mass is 32.2. The molecule has 0 aliphatic heterocycles. The molecular weight excluding hydrogens is 278 g/mol. The Labute approximate surface area is 133 Å². The van der Waals surface area contributed by atoms with Gasteiger partial charge in [-0.15, -0.1) is 11.8 Å². The summed E-state index contributed by atoms with van der Waals surface area (Å²) in [4.78, 5) is 13.9. The molecule has 1 amide bonds. The molecule has 2 nitrogen and oxygen atoms in total. The van der Waals surface area contributed by atoms with E-state index in [0.29, 0.717) is 17.8 Å². The van der Waals surface area contributed by atoms with Crippen LogP contribution in [-0.4, -0.2) is 12.2 Å². The SMILES string of the molecule is CSc1ccc(NC(=O)[C@@H]2C[C@H](C)CC[C@H]2C(C)C)cc1. The van der Waals surface area contributed by atoms with Crippen LogP contribution in [0.15, 0.2) is 29.2 Å². The van der Waals surface area contributed by atoms with Crippen LogP contribution in [0.2, 0.25) is 0 Å². The number of amides is 1. The van der Waals surface area contributed by atoms with Gasteiger partial charge >= 0.3 is 0 Å². The number of anilines is 1. The maximum absolute atomic E-state index is 12.7. The highest BCUT2D eigenvalue weighted by Gasteiger charge is 2.35. The molecule has 0 saturated heterocycles. The predicted molar refractivity (Wildman–Crippen MR) is 91.7 cm³/mol. The molecule has 1 aromatic rings. The zero-order valence-electron chi connectivity index (χ0n) is 13.6. The topological polar surface area (TPSA) is 29.1 Å². The van der Waals surface area contributed by atoms with Gasteiger partial charge in [0.25, 0.3) is 0 Å². The molecule has 3 atom stereocenters. The third-order valence-electron chi connectivity index (χ3n) is 4.72. The number of rotatable bonds is 4. The lowest BCUT2D eigenvalue weighted by Crippen LogP contribution is -2.36. The van der Waals surface area contributed by atoms with Gasteiger partial charge in [-0.2, -0.15) is 0 Å². The first-order valence-corrected chi connectivity index (χ1v) is 9.18. The van der Waals surface area contributed by atoms with E-state index in [-0.39, 0.29) is 11.8 Å². The van der Waals surface area contributed by atoms with Gasteiger partial charge in [0.15, 0.2) is 0 Å². The maximum atomic E-state index is 12.7. The third-order valence-corrected chi connectivity index (χ3v) is 5.46. The molecule has 1 aliphatic carbocycles. The number of carbonyl (C=O) groups excluding carboxylic acids is 1. The minimum absolute atomic E-state index is 0.161. The summed E-state index contributed by atoms with van der Waals surface area (Å²) in [6.45, 7) is 6.76. The zero-order chi connectivity index (χ0) is 15.4. The van der Waals surface area contributed by atoms with Crippen LogP contribution in [0, 0.1) is 23.7 Å². The Hall–Kier alpha value is -0.960. The molecule has 1 N–H and O–H groups in total. The van der Waals surface area contributed by atoms with E-state index in [4.69, 9.17) is 0 Å². The normalized spacial score (nSPS) is 25.9. The Morgan fingerprint density at radius 2 is 1.90 bits per heavy atom. The van der Waals surface area contributed by atoms with E-state index in [2.05, 4.69) is 44.5 Å². The summed E-state index contributed by atoms with van der Waals surface area (Å²) in [6.07, 6.45) is 5.53. The Morgan fingerprint density at radius 1 is 1.24 bits per heavy atom. The maximum Gasteiger partial charge on any atom is 0.227 e. The summed E-state index contributed by atoms with van der Waals surface area (Å²) in [6, 6.07) is 8.12. The van der Waals surface area contributed by atoms with Crippen molar-refractivity contribution in [3.63, 3.8) is 0 Å². The van der Waals surface area contributed by atoms with Crippen molar-refractivity contribution in [1.82, 2.24) is 0 Å². The van der Waals surface area contributed by atoms with E-state index in [1.54, 1.807) is 11.8 Å². The fourth-order valence-corrected chi connectivity index (χ4v) is 3.82. The highest BCUT2D eigenvalue weighted by Crippen LogP contribution is 2.38. The van der Waals surface area contributed by atoms with Gasteiger partial charge in [-0.3, -0.25) is 4.79 Å². The molecule has 0 radical (unpaired) electrons. The lowest BCUT2D eigenvalue weighted by molar-refractivity contribution is -0.123. The molecule has 1 saturated carbocycles. The second kappa shape index (κ2) is 7.35. The fourth-order valence-electron chi connectivity index (χ4n) is 3.41. The Morgan fingerprint density at radius 3 is 2.48 bits per heavy atom. The van der Waals surface area contributed by atoms with Crippen LogP contribution in [0.3, 0.4) is 0 Å². The molecule has 2 rings (SSSR count). The van der Waals surface area contributed by atoms with Crippen LogP contribution in [0.4, 0.5) is 5.69 Å². The van der Waals surface area contributed by atoms with Gasteiger partial charge in [-0.25, -0.2) is 0 Å². The van der Waals surface area contributed by atoms with Crippen LogP contribution in [0.25, 0.3) is 0 Å². The molecule has 1 aromatic carbocycles. The van der Waals surface area contributed by atoms with Gasteiger partial charge in [0, 0.05) is 16.5 Å². The molecule has 0 aromatic heterocycles. The highest BCUT2D eigenvalue weighted by molar-refractivity contribution is 7.98. The smallest absolute Gasteiger partial charge is 0.227 e. The summed E-state index contributed by atoms with van der Waals surface area (Å²) >= 11 is 1.72. The number of nitrogens with one attached hydrogen (secondary N) is 1. The number of hydrogen-bond acceptors (Lipinski definition) is 2. The van der Waals surface area contributed by atoms with Gasteiger partial charge in [-0.1, -0.05) is 27.2 Å². The molecule has 0 heterocycles. The first-order chi connectivity index (χ1) is 10.0. The van der Waals surface area contributed by atoms with Crippen molar-refractivity contribution < 1.29 is 4.79 Å². The summed E-state index contributed by atoms with van der Waals surface area (Å²) in [5.41, 5.74) is 0.915.